The van der Waals surface area contributed by atoms with E-state index >= 15 is 0 Å². The maximum absolute atomic E-state index is 13.7. The van der Waals surface area contributed by atoms with Crippen LogP contribution in [0.15, 0.2) is 24.5 Å². The van der Waals surface area contributed by atoms with E-state index in [-0.39, 0.29) is 17.5 Å². The van der Waals surface area contributed by atoms with Gasteiger partial charge < -0.3 is 9.64 Å². The molecule has 0 spiro atoms. The lowest BCUT2D eigenvalue weighted by atomic mass is 9.94. The lowest BCUT2D eigenvalue weighted by Gasteiger charge is -2.32. The predicted octanol–water partition coefficient (Wildman–Crippen LogP) is 5.48. The SMILES string of the molecule is Cn1cc2cc(-c3nn4cc(C5CCN(C(=O)OC(C)(C)C)CC5)nc4s3)cc(C(F)(F)F)c2n1. The Labute approximate surface area is 203 Å². The Morgan fingerprint density at radius 3 is 2.46 bits per heavy atom. The molecule has 5 rings (SSSR count). The molecule has 8 nitrogen and oxygen atoms in total. The van der Waals surface area contributed by atoms with Gasteiger partial charge in [0.2, 0.25) is 4.96 Å². The number of alkyl halides is 3. The highest BCUT2D eigenvalue weighted by Crippen LogP contribution is 2.39. The average molecular weight is 507 g/mol. The molecule has 12 heteroatoms. The number of piperidine rings is 1. The minimum absolute atomic E-state index is 0.0786. The topological polar surface area (TPSA) is 77.5 Å². The number of nitrogens with zero attached hydrogens (tertiary/aromatic N) is 6. The molecular formula is C23H25F3N6O2S. The molecule has 0 N–H and O–H groups in total. The summed E-state index contributed by atoms with van der Waals surface area (Å²) in [6, 6.07) is 2.77. The predicted molar refractivity (Wildman–Crippen MR) is 125 cm³/mol. The highest BCUT2D eigenvalue weighted by molar-refractivity contribution is 7.19. The summed E-state index contributed by atoms with van der Waals surface area (Å²) in [6.07, 6.45) is 0.0660. The minimum Gasteiger partial charge on any atom is -0.444 e. The van der Waals surface area contributed by atoms with Crippen LogP contribution in [0.5, 0.6) is 0 Å². The van der Waals surface area contributed by atoms with E-state index in [1.165, 1.54) is 16.0 Å². The summed E-state index contributed by atoms with van der Waals surface area (Å²) in [7, 11) is 1.59. The molecule has 0 unspecified atom stereocenters. The van der Waals surface area contributed by atoms with Gasteiger partial charge in [-0.1, -0.05) is 11.3 Å². The zero-order valence-corrected chi connectivity index (χ0v) is 20.6. The van der Waals surface area contributed by atoms with Crippen molar-refractivity contribution in [2.45, 2.75) is 51.3 Å². The summed E-state index contributed by atoms with van der Waals surface area (Å²) in [5.74, 6) is 0.176. The molecule has 1 fully saturated rings. The molecule has 0 radical (unpaired) electrons. The monoisotopic (exact) mass is 506 g/mol. The van der Waals surface area contributed by atoms with Gasteiger partial charge in [-0.25, -0.2) is 14.3 Å². The van der Waals surface area contributed by atoms with Crippen molar-refractivity contribution >= 4 is 33.3 Å². The maximum atomic E-state index is 13.7. The number of ether oxygens (including phenoxy) is 1. The number of rotatable bonds is 2. The van der Waals surface area contributed by atoms with Gasteiger partial charge in [0.05, 0.1) is 17.5 Å². The lowest BCUT2D eigenvalue weighted by Crippen LogP contribution is -2.41. The van der Waals surface area contributed by atoms with Crippen LogP contribution >= 0.6 is 11.3 Å². The first-order chi connectivity index (χ1) is 16.4. The lowest BCUT2D eigenvalue weighted by molar-refractivity contribution is -0.136. The molecule has 35 heavy (non-hydrogen) atoms. The van der Waals surface area contributed by atoms with Crippen LogP contribution in [0.3, 0.4) is 0 Å². The van der Waals surface area contributed by atoms with E-state index in [1.807, 2.05) is 27.0 Å². The number of halogens is 3. The fourth-order valence-corrected chi connectivity index (χ4v) is 5.18. The Hall–Kier alpha value is -3.15. The van der Waals surface area contributed by atoms with Crippen molar-refractivity contribution in [1.29, 1.82) is 0 Å². The molecule has 0 atom stereocenters. The molecule has 0 bridgehead atoms. The smallest absolute Gasteiger partial charge is 0.418 e. The molecular weight excluding hydrogens is 481 g/mol. The van der Waals surface area contributed by atoms with Gasteiger partial charge in [-0.15, -0.1) is 0 Å². The largest absolute Gasteiger partial charge is 0.444 e. The summed E-state index contributed by atoms with van der Waals surface area (Å²) in [4.78, 5) is 19.3. The van der Waals surface area contributed by atoms with Crippen LogP contribution in [0.4, 0.5) is 18.0 Å². The van der Waals surface area contributed by atoms with Gasteiger partial charge in [0.1, 0.15) is 16.1 Å². The minimum atomic E-state index is -4.53. The Morgan fingerprint density at radius 1 is 1.11 bits per heavy atom. The third-order valence-electron chi connectivity index (χ3n) is 5.90. The Bertz CT molecular complexity index is 1380. The van der Waals surface area contributed by atoms with Crippen molar-refractivity contribution in [3.05, 3.63) is 35.8 Å². The number of hydrogen-bond donors (Lipinski definition) is 0. The highest BCUT2D eigenvalue weighted by atomic mass is 32.1. The molecule has 4 aromatic rings. The van der Waals surface area contributed by atoms with E-state index in [9.17, 15) is 18.0 Å². The number of hydrogen-bond acceptors (Lipinski definition) is 6. The third-order valence-corrected chi connectivity index (χ3v) is 6.87. The summed E-state index contributed by atoms with van der Waals surface area (Å²) in [5, 5.41) is 9.34. The molecule has 4 heterocycles. The molecule has 1 aliphatic heterocycles. The second-order valence-electron chi connectivity index (χ2n) is 9.80. The zero-order valence-electron chi connectivity index (χ0n) is 19.8. The van der Waals surface area contributed by atoms with Crippen molar-refractivity contribution in [3.8, 4) is 10.6 Å². The first kappa shape index (κ1) is 23.6. The number of aromatic nitrogens is 5. The van der Waals surface area contributed by atoms with E-state index in [1.54, 1.807) is 28.7 Å². The Morgan fingerprint density at radius 2 is 1.83 bits per heavy atom. The number of amides is 1. The van der Waals surface area contributed by atoms with E-state index in [2.05, 4.69) is 10.2 Å². The fraction of sp³-hybridized carbons (Fsp3) is 0.478. The van der Waals surface area contributed by atoms with E-state index < -0.39 is 17.3 Å². The maximum Gasteiger partial charge on any atom is 0.418 e. The van der Waals surface area contributed by atoms with Crippen molar-refractivity contribution < 1.29 is 22.7 Å². The number of imidazole rings is 1. The van der Waals surface area contributed by atoms with Crippen LogP contribution in [-0.2, 0) is 18.0 Å². The summed E-state index contributed by atoms with van der Waals surface area (Å²) in [6.45, 7) is 6.68. The molecule has 0 saturated carbocycles. The molecule has 1 aromatic carbocycles. The second kappa shape index (κ2) is 8.21. The van der Waals surface area contributed by atoms with Crippen molar-refractivity contribution in [1.82, 2.24) is 29.3 Å². The highest BCUT2D eigenvalue weighted by Gasteiger charge is 2.35. The van der Waals surface area contributed by atoms with E-state index in [0.717, 1.165) is 24.6 Å². The summed E-state index contributed by atoms with van der Waals surface area (Å²) < 4.78 is 49.4. The van der Waals surface area contributed by atoms with Gasteiger partial charge in [-0.05, 0) is 45.7 Å². The Balaban J connectivity index is 1.36. The van der Waals surface area contributed by atoms with Gasteiger partial charge in [0, 0.05) is 43.2 Å². The number of aryl methyl sites for hydroxylation is 1. The summed E-state index contributed by atoms with van der Waals surface area (Å²) >= 11 is 1.24. The molecule has 3 aromatic heterocycles. The van der Waals surface area contributed by atoms with Gasteiger partial charge >= 0.3 is 12.3 Å². The first-order valence-corrected chi connectivity index (χ1v) is 12.1. The first-order valence-electron chi connectivity index (χ1n) is 11.3. The van der Waals surface area contributed by atoms with Crippen LogP contribution in [0.25, 0.3) is 26.4 Å². The third kappa shape index (κ3) is 4.71. The van der Waals surface area contributed by atoms with Crippen LogP contribution in [-0.4, -0.2) is 54.1 Å². The normalized spacial score (nSPS) is 15.9. The van der Waals surface area contributed by atoms with Crippen molar-refractivity contribution in [2.24, 2.45) is 7.05 Å². The van der Waals surface area contributed by atoms with E-state index in [4.69, 9.17) is 9.72 Å². The molecule has 1 saturated heterocycles. The number of benzene rings is 1. The van der Waals surface area contributed by atoms with Gasteiger partial charge in [-0.3, -0.25) is 4.68 Å². The standard InChI is InChI=1S/C23H25F3N6O2S/c1-22(2,3)34-21(33)31-7-5-13(6-8-31)17-12-32-20(27-17)35-19(29-32)14-9-15-11-30(4)28-18(15)16(10-14)23(24,25)26/h9-13H,5-8H2,1-4H3. The van der Waals surface area contributed by atoms with Crippen molar-refractivity contribution in [2.75, 3.05) is 13.1 Å². The van der Waals surface area contributed by atoms with Gasteiger partial charge in [0.25, 0.3) is 0 Å². The number of carbonyl (C=O) groups is 1. The van der Waals surface area contributed by atoms with Crippen LogP contribution in [0.1, 0.15) is 50.8 Å². The Kier molecular flexibility index (Phi) is 5.53. The second-order valence-corrected chi connectivity index (χ2v) is 10.8. The number of likely N-dealkylation sites (tertiary alicyclic amines) is 1. The van der Waals surface area contributed by atoms with Gasteiger partial charge in [-0.2, -0.15) is 23.4 Å². The zero-order chi connectivity index (χ0) is 25.1. The van der Waals surface area contributed by atoms with Gasteiger partial charge in [0.15, 0.2) is 0 Å². The van der Waals surface area contributed by atoms with Crippen LogP contribution < -0.4 is 0 Å². The molecule has 1 aliphatic rings. The average Bonchev–Trinajstić information content (AvgIpc) is 3.42. The molecule has 0 aliphatic carbocycles. The molecule has 186 valence electrons. The van der Waals surface area contributed by atoms with E-state index in [0.29, 0.717) is 34.0 Å². The fourth-order valence-electron chi connectivity index (χ4n) is 4.31. The molecule has 1 amide bonds. The number of fused-ring (bicyclic) bond motifs is 2. The summed E-state index contributed by atoms with van der Waals surface area (Å²) in [5.41, 5.74) is -0.145. The van der Waals surface area contributed by atoms with Crippen LogP contribution in [0.2, 0.25) is 0 Å². The van der Waals surface area contributed by atoms with Crippen molar-refractivity contribution in [3.63, 3.8) is 0 Å². The van der Waals surface area contributed by atoms with Crippen LogP contribution in [0, 0.1) is 0 Å². The quantitative estimate of drug-likeness (QED) is 0.360. The number of carbonyl (C=O) groups excluding carboxylic acids is 1.